The summed E-state index contributed by atoms with van der Waals surface area (Å²) in [6.07, 6.45) is 0.803. The zero-order valence-corrected chi connectivity index (χ0v) is 17.6. The van der Waals surface area contributed by atoms with Gasteiger partial charge in [0.2, 0.25) is 0 Å². The summed E-state index contributed by atoms with van der Waals surface area (Å²) < 4.78 is 19.5. The monoisotopic (exact) mass is 482 g/mol. The van der Waals surface area contributed by atoms with E-state index in [0.29, 0.717) is 36.8 Å². The molecule has 2 rings (SSSR count). The van der Waals surface area contributed by atoms with E-state index in [4.69, 9.17) is 10.00 Å². The Balaban J connectivity index is 0.00000364. The molecule has 0 saturated carbocycles. The number of para-hydroxylation sites is 1. The van der Waals surface area contributed by atoms with Gasteiger partial charge in [-0.15, -0.1) is 24.0 Å². The van der Waals surface area contributed by atoms with Gasteiger partial charge in [0, 0.05) is 18.7 Å². The van der Waals surface area contributed by atoms with Gasteiger partial charge in [-0.25, -0.2) is 9.38 Å². The number of halogens is 2. The molecule has 0 atom stereocenters. The standard InChI is InChI=1S/C20H23FN4O.HI/c1-2-23-20(24-11-6-12-26-18-7-4-3-5-8-18)25-15-17-13-16(14-22)9-10-19(17)21;/h3-5,7-10,13H,2,6,11-12,15H2,1H3,(H2,23,24,25);1H. The lowest BCUT2D eigenvalue weighted by Gasteiger charge is -2.12. The average Bonchev–Trinajstić information content (AvgIpc) is 2.67. The molecule has 0 bridgehead atoms. The van der Waals surface area contributed by atoms with Crippen LogP contribution in [0.5, 0.6) is 5.75 Å². The Kier molecular flexibility index (Phi) is 10.9. The van der Waals surface area contributed by atoms with Gasteiger partial charge in [0.1, 0.15) is 11.6 Å². The van der Waals surface area contributed by atoms with Crippen molar-refractivity contribution in [3.05, 3.63) is 65.5 Å². The van der Waals surface area contributed by atoms with Crippen LogP contribution in [0.25, 0.3) is 0 Å². The molecule has 0 aliphatic rings. The number of nitrogens with zero attached hydrogens (tertiary/aromatic N) is 2. The molecule has 0 saturated heterocycles. The van der Waals surface area contributed by atoms with Crippen molar-refractivity contribution in [2.24, 2.45) is 4.99 Å². The quantitative estimate of drug-likeness (QED) is 0.260. The smallest absolute Gasteiger partial charge is 0.191 e. The maximum absolute atomic E-state index is 13.8. The van der Waals surface area contributed by atoms with Gasteiger partial charge in [0.15, 0.2) is 5.96 Å². The van der Waals surface area contributed by atoms with Gasteiger partial charge in [-0.3, -0.25) is 0 Å². The number of hydrogen-bond acceptors (Lipinski definition) is 3. The van der Waals surface area contributed by atoms with Crippen molar-refractivity contribution in [1.29, 1.82) is 5.26 Å². The molecule has 0 unspecified atom stereocenters. The van der Waals surface area contributed by atoms with Crippen LogP contribution in [0.4, 0.5) is 4.39 Å². The van der Waals surface area contributed by atoms with E-state index in [-0.39, 0.29) is 36.3 Å². The van der Waals surface area contributed by atoms with Crippen molar-refractivity contribution in [3.63, 3.8) is 0 Å². The third-order valence-electron chi connectivity index (χ3n) is 3.55. The van der Waals surface area contributed by atoms with Gasteiger partial charge in [-0.2, -0.15) is 5.26 Å². The van der Waals surface area contributed by atoms with Crippen molar-refractivity contribution < 1.29 is 9.13 Å². The summed E-state index contributed by atoms with van der Waals surface area (Å²) in [5.41, 5.74) is 0.821. The molecule has 0 aromatic heterocycles. The molecule has 0 spiro atoms. The molecule has 2 N–H and O–H groups in total. The highest BCUT2D eigenvalue weighted by Crippen LogP contribution is 2.11. The molecule has 0 fully saturated rings. The number of nitriles is 1. The van der Waals surface area contributed by atoms with Crippen LogP contribution in [0.15, 0.2) is 53.5 Å². The fourth-order valence-corrected chi connectivity index (χ4v) is 2.26. The summed E-state index contributed by atoms with van der Waals surface area (Å²) in [7, 11) is 0. The molecule has 144 valence electrons. The lowest BCUT2D eigenvalue weighted by molar-refractivity contribution is 0.311. The maximum atomic E-state index is 13.8. The van der Waals surface area contributed by atoms with Gasteiger partial charge in [0.25, 0.3) is 0 Å². The molecule has 0 amide bonds. The first-order valence-electron chi connectivity index (χ1n) is 8.61. The summed E-state index contributed by atoms with van der Waals surface area (Å²) in [4.78, 5) is 4.38. The molecular formula is C20H24FIN4O. The number of rotatable bonds is 8. The van der Waals surface area contributed by atoms with Crippen LogP contribution >= 0.6 is 24.0 Å². The van der Waals surface area contributed by atoms with E-state index in [1.54, 1.807) is 0 Å². The highest BCUT2D eigenvalue weighted by atomic mass is 127. The first kappa shape index (κ1) is 22.7. The number of guanidine groups is 1. The summed E-state index contributed by atoms with van der Waals surface area (Å²) in [5.74, 6) is 1.09. The zero-order valence-electron chi connectivity index (χ0n) is 15.2. The Labute approximate surface area is 176 Å². The molecule has 0 aliphatic heterocycles. The molecule has 7 heteroatoms. The minimum Gasteiger partial charge on any atom is -0.494 e. The molecule has 2 aromatic rings. The van der Waals surface area contributed by atoms with E-state index in [1.165, 1.54) is 18.2 Å². The largest absolute Gasteiger partial charge is 0.494 e. The molecule has 27 heavy (non-hydrogen) atoms. The van der Waals surface area contributed by atoms with Crippen molar-refractivity contribution in [1.82, 2.24) is 10.6 Å². The van der Waals surface area contributed by atoms with Crippen LogP contribution in [-0.4, -0.2) is 25.7 Å². The van der Waals surface area contributed by atoms with E-state index in [9.17, 15) is 4.39 Å². The normalized spacial score (nSPS) is 10.5. The van der Waals surface area contributed by atoms with Crippen LogP contribution in [0.2, 0.25) is 0 Å². The van der Waals surface area contributed by atoms with Gasteiger partial charge in [-0.05, 0) is 43.7 Å². The van der Waals surface area contributed by atoms with Crippen LogP contribution in [0, 0.1) is 17.1 Å². The first-order chi connectivity index (χ1) is 12.7. The van der Waals surface area contributed by atoms with Crippen molar-refractivity contribution >= 4 is 29.9 Å². The Bertz CT molecular complexity index is 762. The maximum Gasteiger partial charge on any atom is 0.191 e. The van der Waals surface area contributed by atoms with Gasteiger partial charge in [0.05, 0.1) is 24.8 Å². The minimum absolute atomic E-state index is 0. The van der Waals surface area contributed by atoms with E-state index in [2.05, 4.69) is 15.6 Å². The Morgan fingerprint density at radius 1 is 1.19 bits per heavy atom. The topological polar surface area (TPSA) is 69.4 Å². The van der Waals surface area contributed by atoms with Crippen molar-refractivity contribution in [2.75, 3.05) is 19.7 Å². The van der Waals surface area contributed by atoms with Crippen molar-refractivity contribution in [2.45, 2.75) is 19.9 Å². The summed E-state index contributed by atoms with van der Waals surface area (Å²) in [5, 5.41) is 15.2. The first-order valence-corrected chi connectivity index (χ1v) is 8.61. The van der Waals surface area contributed by atoms with Crippen molar-refractivity contribution in [3.8, 4) is 11.8 Å². The number of benzene rings is 2. The molecule has 0 radical (unpaired) electrons. The number of hydrogen-bond donors (Lipinski definition) is 2. The SMILES string of the molecule is CCNC(=NCc1cc(C#N)ccc1F)NCCCOc1ccccc1.I. The third kappa shape index (κ3) is 8.26. The van der Waals surface area contributed by atoms with Crippen LogP contribution < -0.4 is 15.4 Å². The lowest BCUT2D eigenvalue weighted by Crippen LogP contribution is -2.38. The predicted molar refractivity (Wildman–Crippen MR) is 116 cm³/mol. The second-order valence-corrected chi connectivity index (χ2v) is 5.56. The predicted octanol–water partition coefficient (Wildman–Crippen LogP) is 3.84. The molecule has 0 heterocycles. The summed E-state index contributed by atoms with van der Waals surface area (Å²) >= 11 is 0. The second-order valence-electron chi connectivity index (χ2n) is 5.56. The third-order valence-corrected chi connectivity index (χ3v) is 3.55. The number of nitrogens with one attached hydrogen (secondary N) is 2. The van der Waals surface area contributed by atoms with Crippen LogP contribution in [0.3, 0.4) is 0 Å². The van der Waals surface area contributed by atoms with Gasteiger partial charge >= 0.3 is 0 Å². The van der Waals surface area contributed by atoms with Gasteiger partial charge < -0.3 is 15.4 Å². The molecular weight excluding hydrogens is 458 g/mol. The summed E-state index contributed by atoms with van der Waals surface area (Å²) in [6.45, 7) is 4.10. The average molecular weight is 482 g/mol. The Hall–Kier alpha value is -2.34. The highest BCUT2D eigenvalue weighted by Gasteiger charge is 2.04. The molecule has 2 aromatic carbocycles. The fraction of sp³-hybridized carbons (Fsp3) is 0.300. The van der Waals surface area contributed by atoms with Crippen LogP contribution in [-0.2, 0) is 6.54 Å². The zero-order chi connectivity index (χ0) is 18.6. The van der Waals surface area contributed by atoms with Gasteiger partial charge in [-0.1, -0.05) is 18.2 Å². The van der Waals surface area contributed by atoms with E-state index in [0.717, 1.165) is 12.2 Å². The van der Waals surface area contributed by atoms with E-state index < -0.39 is 0 Å². The lowest BCUT2D eigenvalue weighted by atomic mass is 10.1. The van der Waals surface area contributed by atoms with E-state index >= 15 is 0 Å². The fourth-order valence-electron chi connectivity index (χ4n) is 2.26. The van der Waals surface area contributed by atoms with E-state index in [1.807, 2.05) is 43.3 Å². The molecule has 0 aliphatic carbocycles. The van der Waals surface area contributed by atoms with Crippen LogP contribution in [0.1, 0.15) is 24.5 Å². The Morgan fingerprint density at radius 3 is 2.67 bits per heavy atom. The molecule has 5 nitrogen and oxygen atoms in total. The Morgan fingerprint density at radius 2 is 1.96 bits per heavy atom. The summed E-state index contributed by atoms with van der Waals surface area (Å²) in [6, 6.07) is 15.9. The highest BCUT2D eigenvalue weighted by molar-refractivity contribution is 14.0. The number of aliphatic imine (C=N–C) groups is 1. The number of ether oxygens (including phenoxy) is 1. The minimum atomic E-state index is -0.361. The second kappa shape index (κ2) is 12.9.